The highest BCUT2D eigenvalue weighted by atomic mass is 16.6. The number of hydrogen-bond acceptors (Lipinski definition) is 4. The molecule has 3 rings (SSSR count). The zero-order chi connectivity index (χ0) is 20.3. The average Bonchev–Trinajstić information content (AvgIpc) is 3.12. The third-order valence-corrected chi connectivity index (χ3v) is 5.89. The fraction of sp³-hybridized carbons (Fsp3) is 0.739. The molecule has 1 aliphatic heterocycles. The first kappa shape index (κ1) is 21.1. The van der Waals surface area contributed by atoms with Gasteiger partial charge in [-0.15, -0.1) is 0 Å². The van der Waals surface area contributed by atoms with E-state index >= 15 is 0 Å². The summed E-state index contributed by atoms with van der Waals surface area (Å²) in [6, 6.07) is 5.13. The third kappa shape index (κ3) is 4.86. The van der Waals surface area contributed by atoms with E-state index in [9.17, 15) is 4.79 Å². The number of carbonyl (C=O) groups excluding carboxylic acids is 1. The fourth-order valence-electron chi connectivity index (χ4n) is 4.67. The van der Waals surface area contributed by atoms with Gasteiger partial charge in [0.25, 0.3) is 0 Å². The monoisotopic (exact) mass is 387 g/mol. The van der Waals surface area contributed by atoms with Crippen LogP contribution in [0.1, 0.15) is 91.2 Å². The van der Waals surface area contributed by atoms with E-state index in [0.717, 1.165) is 44.5 Å². The first-order valence-electron chi connectivity index (χ1n) is 11.0. The lowest BCUT2D eigenvalue weighted by Crippen LogP contribution is -2.46. The highest BCUT2D eigenvalue weighted by Crippen LogP contribution is 2.39. The van der Waals surface area contributed by atoms with Crippen molar-refractivity contribution in [2.24, 2.45) is 0 Å². The Kier molecular flexibility index (Phi) is 6.64. The van der Waals surface area contributed by atoms with Gasteiger partial charge in [0.1, 0.15) is 11.4 Å². The minimum absolute atomic E-state index is 0.172. The number of nitrogens with zero attached hydrogens (tertiary/aromatic N) is 3. The summed E-state index contributed by atoms with van der Waals surface area (Å²) in [5.41, 5.74) is 0.654. The molecule has 0 unspecified atom stereocenters. The molecule has 2 aliphatic rings. The molecule has 1 atom stereocenters. The highest BCUT2D eigenvalue weighted by Gasteiger charge is 2.36. The number of pyridine rings is 1. The minimum atomic E-state index is -0.518. The summed E-state index contributed by atoms with van der Waals surface area (Å²) >= 11 is 0. The van der Waals surface area contributed by atoms with E-state index in [1.807, 2.05) is 37.9 Å². The Bertz CT molecular complexity index is 662. The van der Waals surface area contributed by atoms with Crippen molar-refractivity contribution >= 4 is 11.9 Å². The molecule has 28 heavy (non-hydrogen) atoms. The Morgan fingerprint density at radius 1 is 1.18 bits per heavy atom. The molecule has 5 nitrogen and oxygen atoms in total. The molecule has 2 fully saturated rings. The van der Waals surface area contributed by atoms with E-state index in [-0.39, 0.29) is 12.1 Å². The Balaban J connectivity index is 1.99. The van der Waals surface area contributed by atoms with Crippen molar-refractivity contribution in [3.8, 4) is 0 Å². The molecule has 1 amide bonds. The Hall–Kier alpha value is -1.62. The van der Waals surface area contributed by atoms with E-state index in [0.29, 0.717) is 12.1 Å². The number of ether oxygens (including phenoxy) is 1. The minimum Gasteiger partial charge on any atom is -0.443 e. The van der Waals surface area contributed by atoms with Crippen molar-refractivity contribution in [1.29, 1.82) is 0 Å². The van der Waals surface area contributed by atoms with Crippen LogP contribution in [0.2, 0.25) is 0 Å². The molecule has 0 spiro atoms. The van der Waals surface area contributed by atoms with Gasteiger partial charge in [-0.05, 0) is 72.9 Å². The number of likely N-dealkylation sites (tertiary alicyclic amines) is 1. The van der Waals surface area contributed by atoms with Gasteiger partial charge in [0.15, 0.2) is 0 Å². The first-order valence-corrected chi connectivity index (χ1v) is 11.0. The van der Waals surface area contributed by atoms with Crippen molar-refractivity contribution in [1.82, 2.24) is 9.88 Å². The van der Waals surface area contributed by atoms with Gasteiger partial charge in [-0.2, -0.15) is 0 Å². The second-order valence-corrected chi connectivity index (χ2v) is 9.55. The van der Waals surface area contributed by atoms with Crippen LogP contribution in [-0.2, 0) is 4.74 Å². The predicted molar refractivity (Wildman–Crippen MR) is 114 cm³/mol. The molecule has 5 heteroatoms. The second-order valence-electron chi connectivity index (χ2n) is 9.55. The lowest BCUT2D eigenvalue weighted by atomic mass is 9.93. The van der Waals surface area contributed by atoms with Crippen LogP contribution < -0.4 is 4.90 Å². The van der Waals surface area contributed by atoms with Gasteiger partial charge in [0, 0.05) is 29.9 Å². The zero-order valence-corrected chi connectivity index (χ0v) is 18.3. The summed E-state index contributed by atoms with van der Waals surface area (Å²) in [6.45, 7) is 11.4. The number of carbonyl (C=O) groups is 1. The number of hydrogen-bond donors (Lipinski definition) is 0. The summed E-state index contributed by atoms with van der Waals surface area (Å²) in [7, 11) is 0. The van der Waals surface area contributed by atoms with Gasteiger partial charge in [-0.25, -0.2) is 9.78 Å². The van der Waals surface area contributed by atoms with Gasteiger partial charge >= 0.3 is 6.09 Å². The highest BCUT2D eigenvalue weighted by molar-refractivity contribution is 5.88. The van der Waals surface area contributed by atoms with Crippen LogP contribution in [0, 0.1) is 0 Å². The molecule has 1 saturated heterocycles. The molecule has 156 valence electrons. The van der Waals surface area contributed by atoms with E-state index < -0.39 is 5.60 Å². The van der Waals surface area contributed by atoms with Crippen molar-refractivity contribution in [3.05, 3.63) is 23.9 Å². The summed E-state index contributed by atoms with van der Waals surface area (Å²) in [4.78, 5) is 22.5. The molecule has 2 heterocycles. The summed E-state index contributed by atoms with van der Waals surface area (Å²) in [6.07, 6.45) is 9.47. The van der Waals surface area contributed by atoms with Gasteiger partial charge in [0.05, 0.1) is 0 Å². The third-order valence-electron chi connectivity index (χ3n) is 5.89. The van der Waals surface area contributed by atoms with Gasteiger partial charge < -0.3 is 4.74 Å². The van der Waals surface area contributed by atoms with Crippen LogP contribution in [0.4, 0.5) is 10.6 Å². The van der Waals surface area contributed by atoms with Crippen molar-refractivity contribution < 1.29 is 9.53 Å². The normalized spacial score (nSPS) is 21.9. The Labute approximate surface area is 170 Å². The number of amides is 1. The van der Waals surface area contributed by atoms with Crippen molar-refractivity contribution in [3.63, 3.8) is 0 Å². The Morgan fingerprint density at radius 2 is 1.89 bits per heavy atom. The number of rotatable bonds is 4. The van der Waals surface area contributed by atoms with Crippen molar-refractivity contribution in [2.45, 2.75) is 103 Å². The molecule has 0 aromatic carbocycles. The maximum Gasteiger partial charge on any atom is 0.416 e. The van der Waals surface area contributed by atoms with Gasteiger partial charge in [-0.3, -0.25) is 9.80 Å². The van der Waals surface area contributed by atoms with Crippen LogP contribution in [0.25, 0.3) is 0 Å². The molecule has 0 N–H and O–H groups in total. The van der Waals surface area contributed by atoms with E-state index in [4.69, 9.17) is 9.72 Å². The first-order chi connectivity index (χ1) is 13.3. The SMILES string of the molecule is CC(C)N1CCC[C@H]1c1cccnc1N(C(=O)OC(C)(C)C)C1CCCCC1. The molecular weight excluding hydrogens is 350 g/mol. The van der Waals surface area contributed by atoms with Crippen LogP contribution in [-0.4, -0.2) is 40.2 Å². The van der Waals surface area contributed by atoms with Gasteiger partial charge in [0.2, 0.25) is 0 Å². The smallest absolute Gasteiger partial charge is 0.416 e. The molecule has 0 radical (unpaired) electrons. The maximum atomic E-state index is 13.3. The summed E-state index contributed by atoms with van der Waals surface area (Å²) in [5.74, 6) is 0.807. The molecule has 1 aliphatic carbocycles. The molecular formula is C23H37N3O2. The fourth-order valence-corrected chi connectivity index (χ4v) is 4.67. The molecule has 1 aromatic rings. The standard InChI is InChI=1S/C23H37N3O2/c1-17(2)25-16-10-14-20(25)19-13-9-15-24-21(19)26(18-11-7-6-8-12-18)22(27)28-23(3,4)5/h9,13,15,17-18,20H,6-8,10-12,14,16H2,1-5H3/t20-/m0/s1. The molecule has 1 saturated carbocycles. The van der Waals surface area contributed by atoms with Gasteiger partial charge in [-0.1, -0.05) is 25.3 Å². The lowest BCUT2D eigenvalue weighted by molar-refractivity contribution is 0.0555. The average molecular weight is 388 g/mol. The Morgan fingerprint density at radius 3 is 2.54 bits per heavy atom. The molecule has 1 aromatic heterocycles. The quantitative estimate of drug-likeness (QED) is 0.665. The predicted octanol–water partition coefficient (Wildman–Crippen LogP) is 5.70. The van der Waals surface area contributed by atoms with Crippen molar-refractivity contribution in [2.75, 3.05) is 11.4 Å². The summed E-state index contributed by atoms with van der Waals surface area (Å²) in [5, 5.41) is 0. The van der Waals surface area contributed by atoms with Crippen LogP contribution in [0.5, 0.6) is 0 Å². The summed E-state index contributed by atoms with van der Waals surface area (Å²) < 4.78 is 5.83. The maximum absolute atomic E-state index is 13.3. The van der Waals surface area contributed by atoms with Crippen LogP contribution in [0.3, 0.4) is 0 Å². The number of aromatic nitrogens is 1. The zero-order valence-electron chi connectivity index (χ0n) is 18.3. The van der Waals surface area contributed by atoms with E-state index in [1.165, 1.54) is 18.4 Å². The lowest BCUT2D eigenvalue weighted by Gasteiger charge is -2.37. The van der Waals surface area contributed by atoms with Crippen LogP contribution >= 0.6 is 0 Å². The topological polar surface area (TPSA) is 45.7 Å². The van der Waals surface area contributed by atoms with E-state index in [2.05, 4.69) is 24.8 Å². The van der Waals surface area contributed by atoms with E-state index in [1.54, 1.807) is 0 Å². The molecule has 0 bridgehead atoms. The van der Waals surface area contributed by atoms with Crippen LogP contribution in [0.15, 0.2) is 18.3 Å². The number of anilines is 1. The largest absolute Gasteiger partial charge is 0.443 e. The second kappa shape index (κ2) is 8.81.